The second-order valence-corrected chi connectivity index (χ2v) is 2.28. The normalized spacial score (nSPS) is 18.5. The zero-order chi connectivity index (χ0) is 7.40. The lowest BCUT2D eigenvalue weighted by Crippen LogP contribution is -2.40. The fourth-order valence-electron chi connectivity index (χ4n) is 1.00. The summed E-state index contributed by atoms with van der Waals surface area (Å²) in [7, 11) is 0. The molecule has 1 amide bonds. The molecule has 0 radical (unpaired) electrons. The van der Waals surface area contributed by atoms with Crippen LogP contribution in [0.2, 0.25) is 0 Å². The minimum absolute atomic E-state index is 0.0732. The van der Waals surface area contributed by atoms with Crippen LogP contribution in [0.4, 0.5) is 0 Å². The number of amides is 1. The van der Waals surface area contributed by atoms with E-state index in [9.17, 15) is 4.79 Å². The second-order valence-electron chi connectivity index (χ2n) is 2.28. The van der Waals surface area contributed by atoms with E-state index in [1.807, 2.05) is 0 Å². The summed E-state index contributed by atoms with van der Waals surface area (Å²) in [5.41, 5.74) is 2.81. The van der Waals surface area contributed by atoms with Crippen LogP contribution in [0.1, 0.15) is 12.8 Å². The van der Waals surface area contributed by atoms with Gasteiger partial charge >= 0.3 is 0 Å². The Balaban J connectivity index is 2.20. The molecule has 58 valence electrons. The first kappa shape index (κ1) is 7.50. The Morgan fingerprint density at radius 1 is 1.70 bits per heavy atom. The highest BCUT2D eigenvalue weighted by atomic mass is 16.3. The summed E-state index contributed by atoms with van der Waals surface area (Å²) in [5.74, 6) is 0.133. The van der Waals surface area contributed by atoms with Gasteiger partial charge in [0.2, 0.25) is 5.91 Å². The number of hydrogen-bond donors (Lipinski definition) is 2. The second kappa shape index (κ2) is 3.53. The van der Waals surface area contributed by atoms with E-state index >= 15 is 0 Å². The number of carbonyl (C=O) groups excluding carboxylic acids is 1. The van der Waals surface area contributed by atoms with Gasteiger partial charge in [-0.2, -0.15) is 0 Å². The van der Waals surface area contributed by atoms with Crippen LogP contribution in [-0.2, 0) is 4.79 Å². The maximum absolute atomic E-state index is 10.9. The molecule has 1 aliphatic rings. The van der Waals surface area contributed by atoms with Crippen LogP contribution in [0.5, 0.6) is 0 Å². The Bertz CT molecular complexity index is 127. The van der Waals surface area contributed by atoms with Crippen molar-refractivity contribution < 1.29 is 9.90 Å². The summed E-state index contributed by atoms with van der Waals surface area (Å²) in [4.78, 5) is 10.9. The Morgan fingerprint density at radius 2 is 2.50 bits per heavy atom. The van der Waals surface area contributed by atoms with Crippen LogP contribution in [0, 0.1) is 0 Å². The van der Waals surface area contributed by atoms with Crippen LogP contribution in [0.25, 0.3) is 0 Å². The van der Waals surface area contributed by atoms with Gasteiger partial charge in [-0.05, 0) is 6.42 Å². The summed E-state index contributed by atoms with van der Waals surface area (Å²) in [6.07, 6.45) is 1.57. The average molecular weight is 144 g/mol. The van der Waals surface area contributed by atoms with Gasteiger partial charge in [-0.1, -0.05) is 0 Å². The molecule has 0 aromatic carbocycles. The third-order valence-electron chi connectivity index (χ3n) is 1.49. The molecular weight excluding hydrogens is 132 g/mol. The van der Waals surface area contributed by atoms with E-state index in [4.69, 9.17) is 5.11 Å². The van der Waals surface area contributed by atoms with Crippen LogP contribution in [0.15, 0.2) is 0 Å². The summed E-state index contributed by atoms with van der Waals surface area (Å²) in [6, 6.07) is 0. The Labute approximate surface area is 59.8 Å². The van der Waals surface area contributed by atoms with Crippen molar-refractivity contribution in [2.45, 2.75) is 12.8 Å². The molecule has 0 unspecified atom stereocenters. The zero-order valence-electron chi connectivity index (χ0n) is 5.84. The first-order valence-electron chi connectivity index (χ1n) is 3.49. The third-order valence-corrected chi connectivity index (χ3v) is 1.49. The Morgan fingerprint density at radius 3 is 3.00 bits per heavy atom. The van der Waals surface area contributed by atoms with Crippen molar-refractivity contribution in [2.75, 3.05) is 19.7 Å². The summed E-state index contributed by atoms with van der Waals surface area (Å²) < 4.78 is 0. The highest BCUT2D eigenvalue weighted by molar-refractivity contribution is 5.77. The van der Waals surface area contributed by atoms with Gasteiger partial charge in [0.1, 0.15) is 0 Å². The summed E-state index contributed by atoms with van der Waals surface area (Å²) >= 11 is 0. The average Bonchev–Trinajstić information content (AvgIpc) is 2.31. The van der Waals surface area contributed by atoms with E-state index in [0.29, 0.717) is 13.0 Å². The van der Waals surface area contributed by atoms with Gasteiger partial charge in [0, 0.05) is 19.5 Å². The van der Waals surface area contributed by atoms with Gasteiger partial charge in [0.25, 0.3) is 0 Å². The van der Waals surface area contributed by atoms with Gasteiger partial charge in [-0.15, -0.1) is 0 Å². The van der Waals surface area contributed by atoms with Crippen LogP contribution in [0.3, 0.4) is 0 Å². The molecule has 0 saturated carbocycles. The molecule has 0 aromatic heterocycles. The van der Waals surface area contributed by atoms with Gasteiger partial charge in [0.15, 0.2) is 0 Å². The predicted octanol–water partition coefficient (Wildman–Crippen LogP) is -0.894. The molecule has 2 N–H and O–H groups in total. The minimum Gasteiger partial charge on any atom is -0.395 e. The fourth-order valence-corrected chi connectivity index (χ4v) is 1.00. The SMILES string of the molecule is O=C1CCCN1NCCO. The molecule has 0 spiro atoms. The van der Waals surface area contributed by atoms with Crippen molar-refractivity contribution in [3.8, 4) is 0 Å². The molecule has 4 heteroatoms. The maximum atomic E-state index is 10.9. The number of rotatable bonds is 3. The van der Waals surface area contributed by atoms with Crippen LogP contribution < -0.4 is 5.43 Å². The first-order chi connectivity index (χ1) is 4.84. The first-order valence-corrected chi connectivity index (χ1v) is 3.49. The van der Waals surface area contributed by atoms with Crippen molar-refractivity contribution in [3.63, 3.8) is 0 Å². The summed E-state index contributed by atoms with van der Waals surface area (Å²) in [5, 5.41) is 9.98. The minimum atomic E-state index is 0.0732. The highest BCUT2D eigenvalue weighted by Crippen LogP contribution is 2.05. The van der Waals surface area contributed by atoms with E-state index in [0.717, 1.165) is 13.0 Å². The lowest BCUT2D eigenvalue weighted by atomic mass is 10.4. The molecule has 4 nitrogen and oxygen atoms in total. The van der Waals surface area contributed by atoms with Gasteiger partial charge in [-0.3, -0.25) is 9.80 Å². The number of nitrogens with one attached hydrogen (secondary N) is 1. The molecule has 1 aliphatic heterocycles. The van der Waals surface area contributed by atoms with E-state index in [-0.39, 0.29) is 12.5 Å². The lowest BCUT2D eigenvalue weighted by molar-refractivity contribution is -0.130. The van der Waals surface area contributed by atoms with Crippen molar-refractivity contribution >= 4 is 5.91 Å². The standard InChI is InChI=1S/C6H12N2O2/c9-5-3-7-8-4-1-2-6(8)10/h7,9H,1-5H2. The van der Waals surface area contributed by atoms with Gasteiger partial charge in [0.05, 0.1) is 6.61 Å². The zero-order valence-corrected chi connectivity index (χ0v) is 5.84. The number of aliphatic hydroxyl groups is 1. The van der Waals surface area contributed by atoms with Crippen molar-refractivity contribution in [3.05, 3.63) is 0 Å². The molecule has 1 fully saturated rings. The van der Waals surface area contributed by atoms with Gasteiger partial charge < -0.3 is 5.11 Å². The van der Waals surface area contributed by atoms with Crippen molar-refractivity contribution in [1.82, 2.24) is 10.4 Å². The molecule has 0 atom stereocenters. The molecule has 10 heavy (non-hydrogen) atoms. The quantitative estimate of drug-likeness (QED) is 0.540. The largest absolute Gasteiger partial charge is 0.395 e. The molecule has 0 aromatic rings. The Kier molecular flexibility index (Phi) is 2.65. The highest BCUT2D eigenvalue weighted by Gasteiger charge is 2.18. The molecule has 0 bridgehead atoms. The molecular formula is C6H12N2O2. The van der Waals surface area contributed by atoms with Crippen molar-refractivity contribution in [2.24, 2.45) is 0 Å². The molecule has 1 heterocycles. The lowest BCUT2D eigenvalue weighted by Gasteiger charge is -2.15. The number of aliphatic hydroxyl groups excluding tert-OH is 1. The number of hydrazine groups is 1. The van der Waals surface area contributed by atoms with E-state index in [1.165, 1.54) is 0 Å². The number of nitrogens with zero attached hydrogens (tertiary/aromatic N) is 1. The van der Waals surface area contributed by atoms with E-state index in [1.54, 1.807) is 5.01 Å². The summed E-state index contributed by atoms with van der Waals surface area (Å²) in [6.45, 7) is 1.31. The maximum Gasteiger partial charge on any atom is 0.236 e. The van der Waals surface area contributed by atoms with Gasteiger partial charge in [-0.25, -0.2) is 5.43 Å². The smallest absolute Gasteiger partial charge is 0.236 e. The van der Waals surface area contributed by atoms with Crippen molar-refractivity contribution in [1.29, 1.82) is 0 Å². The fraction of sp³-hybridized carbons (Fsp3) is 0.833. The van der Waals surface area contributed by atoms with E-state index in [2.05, 4.69) is 5.43 Å². The third kappa shape index (κ3) is 1.68. The number of carbonyl (C=O) groups is 1. The topological polar surface area (TPSA) is 52.6 Å². The predicted molar refractivity (Wildman–Crippen MR) is 36.0 cm³/mol. The molecule has 1 rings (SSSR count). The number of hydrogen-bond acceptors (Lipinski definition) is 3. The molecule has 1 saturated heterocycles. The van der Waals surface area contributed by atoms with Crippen LogP contribution in [-0.4, -0.2) is 35.7 Å². The van der Waals surface area contributed by atoms with Crippen LogP contribution >= 0.6 is 0 Å². The Hall–Kier alpha value is -0.610. The monoisotopic (exact) mass is 144 g/mol. The molecule has 0 aliphatic carbocycles. The van der Waals surface area contributed by atoms with E-state index < -0.39 is 0 Å².